The number of aliphatic imine (C=N–C) groups is 2. The molecule has 0 unspecified atom stereocenters. The Morgan fingerprint density at radius 3 is 2.22 bits per heavy atom. The molecule has 102 valence electrons. The molecule has 0 saturated heterocycles. The van der Waals surface area contributed by atoms with Crippen molar-refractivity contribution in [1.29, 1.82) is 0 Å². The smallest absolute Gasteiger partial charge is 0.149 e. The summed E-state index contributed by atoms with van der Waals surface area (Å²) in [5.74, 6) is 0.723. The fraction of sp³-hybridized carbons (Fsp3) is 0.571. The molecule has 0 spiro atoms. The van der Waals surface area contributed by atoms with Crippen LogP contribution in [-0.2, 0) is 0 Å². The first-order chi connectivity index (χ1) is 8.27. The standard InChI is InChI=1S/C14H24FN3/c1-8-9-18(7)13(17-6)12(16-5)10-11(2)14(3,4)15/h8,10H,1,9H2,2-7H3/b11-10+,16-12+,17-13-. The fourth-order valence-corrected chi connectivity index (χ4v) is 1.37. The number of nitrogens with zero attached hydrogens (tertiary/aromatic N) is 3. The van der Waals surface area contributed by atoms with Gasteiger partial charge in [0.2, 0.25) is 0 Å². The molecule has 0 aliphatic carbocycles. The zero-order chi connectivity index (χ0) is 14.3. The van der Waals surface area contributed by atoms with Crippen LogP contribution in [0.1, 0.15) is 20.8 Å². The van der Waals surface area contributed by atoms with Gasteiger partial charge in [0.15, 0.2) is 0 Å². The van der Waals surface area contributed by atoms with E-state index < -0.39 is 5.67 Å². The molecule has 0 heterocycles. The molecule has 0 aromatic heterocycles. The Morgan fingerprint density at radius 1 is 1.33 bits per heavy atom. The van der Waals surface area contributed by atoms with Crippen molar-refractivity contribution in [3.05, 3.63) is 24.3 Å². The summed E-state index contributed by atoms with van der Waals surface area (Å²) in [6.45, 7) is 9.17. The second-order valence-corrected chi connectivity index (χ2v) is 4.63. The number of rotatable bonds is 5. The first-order valence-electron chi connectivity index (χ1n) is 5.91. The first kappa shape index (κ1) is 16.6. The molecule has 0 N–H and O–H groups in total. The second-order valence-electron chi connectivity index (χ2n) is 4.63. The predicted octanol–water partition coefficient (Wildman–Crippen LogP) is 2.90. The van der Waals surface area contributed by atoms with E-state index in [2.05, 4.69) is 16.6 Å². The van der Waals surface area contributed by atoms with E-state index in [1.807, 2.05) is 11.9 Å². The van der Waals surface area contributed by atoms with Crippen LogP contribution in [-0.4, -0.2) is 49.8 Å². The number of halogens is 1. The Labute approximate surface area is 110 Å². The van der Waals surface area contributed by atoms with Gasteiger partial charge in [0.25, 0.3) is 0 Å². The minimum absolute atomic E-state index is 0.622. The molecule has 0 aromatic carbocycles. The van der Waals surface area contributed by atoms with Gasteiger partial charge in [0.05, 0.1) is 5.71 Å². The Balaban J connectivity index is 5.28. The van der Waals surface area contributed by atoms with Gasteiger partial charge in [0.1, 0.15) is 11.5 Å². The third-order valence-corrected chi connectivity index (χ3v) is 2.74. The van der Waals surface area contributed by atoms with Crippen LogP contribution in [0.25, 0.3) is 0 Å². The number of amidine groups is 1. The van der Waals surface area contributed by atoms with Crippen molar-refractivity contribution >= 4 is 11.5 Å². The lowest BCUT2D eigenvalue weighted by Gasteiger charge is -2.21. The maximum Gasteiger partial charge on any atom is 0.149 e. The van der Waals surface area contributed by atoms with E-state index in [0.29, 0.717) is 17.8 Å². The van der Waals surface area contributed by atoms with Crippen molar-refractivity contribution in [1.82, 2.24) is 4.90 Å². The summed E-state index contributed by atoms with van der Waals surface area (Å²) >= 11 is 0. The van der Waals surface area contributed by atoms with Gasteiger partial charge in [-0.2, -0.15) is 0 Å². The SMILES string of the molecule is C=CCN(C)C(=N\C)/C(/C=C(\C)C(C)(C)F)=N/C. The fourth-order valence-electron chi connectivity index (χ4n) is 1.37. The topological polar surface area (TPSA) is 28.0 Å². The maximum absolute atomic E-state index is 13.8. The normalized spacial score (nSPS) is 14.7. The summed E-state index contributed by atoms with van der Waals surface area (Å²) < 4.78 is 13.8. The van der Waals surface area contributed by atoms with E-state index in [9.17, 15) is 4.39 Å². The van der Waals surface area contributed by atoms with Crippen LogP contribution in [0.15, 0.2) is 34.3 Å². The molecule has 0 rings (SSSR count). The highest BCUT2D eigenvalue weighted by atomic mass is 19.1. The molecule has 0 saturated carbocycles. The van der Waals surface area contributed by atoms with Gasteiger partial charge >= 0.3 is 0 Å². The van der Waals surface area contributed by atoms with Crippen LogP contribution in [0.5, 0.6) is 0 Å². The molecule has 3 nitrogen and oxygen atoms in total. The van der Waals surface area contributed by atoms with Gasteiger partial charge in [0, 0.05) is 27.7 Å². The van der Waals surface area contributed by atoms with Crippen molar-refractivity contribution in [3.63, 3.8) is 0 Å². The summed E-state index contributed by atoms with van der Waals surface area (Å²) in [7, 11) is 5.28. The molecule has 4 heteroatoms. The van der Waals surface area contributed by atoms with Crippen LogP contribution in [0.3, 0.4) is 0 Å². The number of alkyl halides is 1. The monoisotopic (exact) mass is 253 g/mol. The average Bonchev–Trinajstić information content (AvgIpc) is 2.27. The molecule has 0 atom stereocenters. The summed E-state index contributed by atoms with van der Waals surface area (Å²) in [6.07, 6.45) is 3.52. The van der Waals surface area contributed by atoms with Crippen molar-refractivity contribution in [2.75, 3.05) is 27.7 Å². The van der Waals surface area contributed by atoms with Gasteiger partial charge in [-0.25, -0.2) is 4.39 Å². The zero-order valence-corrected chi connectivity index (χ0v) is 12.3. The van der Waals surface area contributed by atoms with E-state index >= 15 is 0 Å². The van der Waals surface area contributed by atoms with Crippen molar-refractivity contribution in [2.24, 2.45) is 9.98 Å². The highest BCUT2D eigenvalue weighted by Crippen LogP contribution is 2.19. The average molecular weight is 253 g/mol. The summed E-state index contributed by atoms with van der Waals surface area (Å²) in [5.41, 5.74) is -0.0625. The molecular weight excluding hydrogens is 229 g/mol. The van der Waals surface area contributed by atoms with Crippen LogP contribution in [0.2, 0.25) is 0 Å². The molecule has 0 bridgehead atoms. The van der Waals surface area contributed by atoms with Crippen LogP contribution in [0, 0.1) is 0 Å². The Kier molecular flexibility index (Phi) is 6.52. The van der Waals surface area contributed by atoms with Gasteiger partial charge < -0.3 is 4.90 Å². The van der Waals surface area contributed by atoms with Gasteiger partial charge in [-0.15, -0.1) is 6.58 Å². The molecule has 0 radical (unpaired) electrons. The van der Waals surface area contributed by atoms with Crippen LogP contribution < -0.4 is 0 Å². The van der Waals surface area contributed by atoms with E-state index in [4.69, 9.17) is 0 Å². The van der Waals surface area contributed by atoms with Crippen LogP contribution >= 0.6 is 0 Å². The third-order valence-electron chi connectivity index (χ3n) is 2.74. The van der Waals surface area contributed by atoms with E-state index in [1.165, 1.54) is 13.8 Å². The molecule has 0 aromatic rings. The van der Waals surface area contributed by atoms with E-state index in [0.717, 1.165) is 5.84 Å². The van der Waals surface area contributed by atoms with Gasteiger partial charge in [-0.3, -0.25) is 9.98 Å². The Hall–Kier alpha value is -1.45. The quantitative estimate of drug-likeness (QED) is 0.420. The second kappa shape index (κ2) is 7.09. The molecule has 18 heavy (non-hydrogen) atoms. The lowest BCUT2D eigenvalue weighted by molar-refractivity contribution is 0.268. The Bertz CT molecular complexity index is 373. The third kappa shape index (κ3) is 4.82. The van der Waals surface area contributed by atoms with E-state index in [-0.39, 0.29) is 0 Å². The minimum Gasteiger partial charge on any atom is -0.354 e. The van der Waals surface area contributed by atoms with Gasteiger partial charge in [-0.1, -0.05) is 6.08 Å². The predicted molar refractivity (Wildman–Crippen MR) is 78.5 cm³/mol. The summed E-state index contributed by atoms with van der Waals surface area (Å²) in [6, 6.07) is 0. The zero-order valence-electron chi connectivity index (χ0n) is 12.3. The molecule has 0 aliphatic heterocycles. The number of hydrogen-bond acceptors (Lipinski definition) is 2. The highest BCUT2D eigenvalue weighted by Gasteiger charge is 2.20. The van der Waals surface area contributed by atoms with Crippen molar-refractivity contribution in [3.8, 4) is 0 Å². The number of allylic oxidation sites excluding steroid dienone is 1. The number of likely N-dealkylation sites (N-methyl/N-ethyl adjacent to an activating group) is 1. The molecule has 0 fully saturated rings. The lowest BCUT2D eigenvalue weighted by Crippen LogP contribution is -2.33. The van der Waals surface area contributed by atoms with Crippen molar-refractivity contribution < 1.29 is 4.39 Å². The molecular formula is C14H24FN3. The minimum atomic E-state index is -1.36. The van der Waals surface area contributed by atoms with E-state index in [1.54, 1.807) is 33.2 Å². The Morgan fingerprint density at radius 2 is 1.89 bits per heavy atom. The summed E-state index contributed by atoms with van der Waals surface area (Å²) in [5, 5.41) is 0. The highest BCUT2D eigenvalue weighted by molar-refractivity contribution is 6.45. The van der Waals surface area contributed by atoms with Crippen molar-refractivity contribution in [2.45, 2.75) is 26.4 Å². The lowest BCUT2D eigenvalue weighted by atomic mass is 10.00. The van der Waals surface area contributed by atoms with Crippen LogP contribution in [0.4, 0.5) is 4.39 Å². The maximum atomic E-state index is 13.8. The largest absolute Gasteiger partial charge is 0.354 e. The first-order valence-corrected chi connectivity index (χ1v) is 5.91. The molecule has 0 aliphatic rings. The van der Waals surface area contributed by atoms with Gasteiger partial charge in [-0.05, 0) is 32.4 Å². The summed E-state index contributed by atoms with van der Waals surface area (Å²) in [4.78, 5) is 10.3. The molecule has 0 amide bonds. The number of hydrogen-bond donors (Lipinski definition) is 0.